The van der Waals surface area contributed by atoms with Crippen LogP contribution in [0.15, 0.2) is 0 Å². The van der Waals surface area contributed by atoms with Crippen LogP contribution >= 0.6 is 0 Å². The molecule has 1 fully saturated rings. The van der Waals surface area contributed by atoms with Crippen molar-refractivity contribution in [2.75, 3.05) is 6.54 Å². The number of hydrogen-bond donors (Lipinski definition) is 1. The highest BCUT2D eigenvalue weighted by Crippen LogP contribution is 2.21. The molecule has 2 atom stereocenters. The van der Waals surface area contributed by atoms with Crippen molar-refractivity contribution < 1.29 is 0 Å². The first-order valence-electron chi connectivity index (χ1n) is 5.60. The third-order valence-corrected chi connectivity index (χ3v) is 2.92. The number of nitrogens with one attached hydrogen (secondary N) is 1. The van der Waals surface area contributed by atoms with Crippen LogP contribution < -0.4 is 5.32 Å². The fraction of sp³-hybridized carbons (Fsp3) is 1.00. The molecule has 1 saturated heterocycles. The molecule has 0 aromatic carbocycles. The van der Waals surface area contributed by atoms with Gasteiger partial charge in [0.15, 0.2) is 0 Å². The van der Waals surface area contributed by atoms with Gasteiger partial charge in [0.25, 0.3) is 0 Å². The Bertz CT molecular complexity index is 112. The maximum absolute atomic E-state index is 3.63. The SMILES string of the molecule is CCCCC1CC(CCC)CN1. The summed E-state index contributed by atoms with van der Waals surface area (Å²) in [5, 5.41) is 3.63. The highest BCUT2D eigenvalue weighted by molar-refractivity contribution is 4.80. The minimum Gasteiger partial charge on any atom is -0.314 e. The van der Waals surface area contributed by atoms with Crippen molar-refractivity contribution in [3.05, 3.63) is 0 Å². The van der Waals surface area contributed by atoms with Crippen molar-refractivity contribution in [1.29, 1.82) is 0 Å². The highest BCUT2D eigenvalue weighted by Gasteiger charge is 2.22. The van der Waals surface area contributed by atoms with E-state index in [4.69, 9.17) is 0 Å². The van der Waals surface area contributed by atoms with Gasteiger partial charge in [-0.1, -0.05) is 33.1 Å². The van der Waals surface area contributed by atoms with E-state index >= 15 is 0 Å². The van der Waals surface area contributed by atoms with E-state index in [0.29, 0.717) is 0 Å². The van der Waals surface area contributed by atoms with Crippen LogP contribution in [0.5, 0.6) is 0 Å². The van der Waals surface area contributed by atoms with E-state index in [0.717, 1.165) is 12.0 Å². The maximum atomic E-state index is 3.63. The summed E-state index contributed by atoms with van der Waals surface area (Å²) in [6.07, 6.45) is 8.36. The Kier molecular flexibility index (Phi) is 4.67. The van der Waals surface area contributed by atoms with Crippen LogP contribution in [0, 0.1) is 5.92 Å². The second-order valence-corrected chi connectivity index (χ2v) is 4.14. The molecule has 12 heavy (non-hydrogen) atoms. The normalized spacial score (nSPS) is 29.5. The molecule has 0 spiro atoms. The second kappa shape index (κ2) is 5.58. The summed E-state index contributed by atoms with van der Waals surface area (Å²) in [7, 11) is 0. The van der Waals surface area contributed by atoms with Crippen LogP contribution in [-0.2, 0) is 0 Å². The van der Waals surface area contributed by atoms with Crippen LogP contribution in [0.2, 0.25) is 0 Å². The molecule has 1 nitrogen and oxygen atoms in total. The first kappa shape index (κ1) is 10.0. The van der Waals surface area contributed by atoms with Gasteiger partial charge in [-0.25, -0.2) is 0 Å². The largest absolute Gasteiger partial charge is 0.314 e. The molecule has 1 heterocycles. The predicted molar refractivity (Wildman–Crippen MR) is 54.3 cm³/mol. The molecule has 72 valence electrons. The molecule has 0 saturated carbocycles. The van der Waals surface area contributed by atoms with Crippen LogP contribution in [0.4, 0.5) is 0 Å². The average Bonchev–Trinajstić information content (AvgIpc) is 2.50. The molecule has 0 radical (unpaired) electrons. The molecule has 2 unspecified atom stereocenters. The van der Waals surface area contributed by atoms with Gasteiger partial charge in [0.1, 0.15) is 0 Å². The van der Waals surface area contributed by atoms with E-state index in [1.165, 1.54) is 45.1 Å². The van der Waals surface area contributed by atoms with Gasteiger partial charge in [-0.2, -0.15) is 0 Å². The first-order valence-corrected chi connectivity index (χ1v) is 5.60. The molecule has 0 aromatic rings. The molecular weight excluding hydrogens is 146 g/mol. The zero-order valence-corrected chi connectivity index (χ0v) is 8.60. The lowest BCUT2D eigenvalue weighted by molar-refractivity contribution is 0.487. The van der Waals surface area contributed by atoms with E-state index in [-0.39, 0.29) is 0 Å². The summed E-state index contributed by atoms with van der Waals surface area (Å²) in [5.74, 6) is 0.983. The van der Waals surface area contributed by atoms with E-state index in [1.807, 2.05) is 0 Å². The van der Waals surface area contributed by atoms with E-state index in [2.05, 4.69) is 19.2 Å². The zero-order chi connectivity index (χ0) is 8.81. The lowest BCUT2D eigenvalue weighted by Crippen LogP contribution is -2.20. The molecule has 1 N–H and O–H groups in total. The highest BCUT2D eigenvalue weighted by atomic mass is 14.9. The zero-order valence-electron chi connectivity index (χ0n) is 8.60. The lowest BCUT2D eigenvalue weighted by atomic mass is 9.98. The first-order chi connectivity index (χ1) is 5.86. The van der Waals surface area contributed by atoms with Crippen molar-refractivity contribution in [2.45, 2.75) is 58.4 Å². The molecule has 0 bridgehead atoms. The van der Waals surface area contributed by atoms with Crippen LogP contribution in [0.1, 0.15) is 52.4 Å². The van der Waals surface area contributed by atoms with Gasteiger partial charge in [0, 0.05) is 6.04 Å². The number of rotatable bonds is 5. The minimum absolute atomic E-state index is 0.849. The Morgan fingerprint density at radius 1 is 1.17 bits per heavy atom. The van der Waals surface area contributed by atoms with Gasteiger partial charge in [-0.15, -0.1) is 0 Å². The van der Waals surface area contributed by atoms with Crippen LogP contribution in [-0.4, -0.2) is 12.6 Å². The third-order valence-electron chi connectivity index (χ3n) is 2.92. The van der Waals surface area contributed by atoms with Gasteiger partial charge >= 0.3 is 0 Å². The van der Waals surface area contributed by atoms with E-state index in [1.54, 1.807) is 0 Å². The second-order valence-electron chi connectivity index (χ2n) is 4.14. The smallest absolute Gasteiger partial charge is 0.00702 e. The van der Waals surface area contributed by atoms with Crippen molar-refractivity contribution in [3.8, 4) is 0 Å². The summed E-state index contributed by atoms with van der Waals surface area (Å²) in [4.78, 5) is 0. The van der Waals surface area contributed by atoms with Gasteiger partial charge in [-0.3, -0.25) is 0 Å². The summed E-state index contributed by atoms with van der Waals surface area (Å²) >= 11 is 0. The molecule has 0 aromatic heterocycles. The topological polar surface area (TPSA) is 12.0 Å². The van der Waals surface area contributed by atoms with Gasteiger partial charge in [0.2, 0.25) is 0 Å². The standard InChI is InChI=1S/C11H23N/c1-3-5-7-11-8-10(6-4-2)9-12-11/h10-12H,3-9H2,1-2H3. The van der Waals surface area contributed by atoms with Crippen molar-refractivity contribution >= 4 is 0 Å². The van der Waals surface area contributed by atoms with Crippen molar-refractivity contribution in [2.24, 2.45) is 5.92 Å². The lowest BCUT2D eigenvalue weighted by Gasteiger charge is -2.08. The molecule has 0 amide bonds. The monoisotopic (exact) mass is 169 g/mol. The molecule has 1 aliphatic heterocycles. The fourth-order valence-electron chi connectivity index (χ4n) is 2.20. The van der Waals surface area contributed by atoms with E-state index in [9.17, 15) is 0 Å². The summed E-state index contributed by atoms with van der Waals surface area (Å²) < 4.78 is 0. The minimum atomic E-state index is 0.849. The molecular formula is C11H23N. The van der Waals surface area contributed by atoms with Gasteiger partial charge in [-0.05, 0) is 31.7 Å². The molecule has 1 rings (SSSR count). The fourth-order valence-corrected chi connectivity index (χ4v) is 2.20. The number of unbranched alkanes of at least 4 members (excludes halogenated alkanes) is 1. The Morgan fingerprint density at radius 2 is 2.00 bits per heavy atom. The van der Waals surface area contributed by atoms with E-state index < -0.39 is 0 Å². The van der Waals surface area contributed by atoms with Crippen molar-refractivity contribution in [1.82, 2.24) is 5.32 Å². The van der Waals surface area contributed by atoms with Crippen LogP contribution in [0.25, 0.3) is 0 Å². The Morgan fingerprint density at radius 3 is 2.67 bits per heavy atom. The quantitative estimate of drug-likeness (QED) is 0.667. The summed E-state index contributed by atoms with van der Waals surface area (Å²) in [6, 6.07) is 0.849. The molecule has 0 aliphatic carbocycles. The van der Waals surface area contributed by atoms with Gasteiger partial charge < -0.3 is 5.32 Å². The van der Waals surface area contributed by atoms with Crippen LogP contribution in [0.3, 0.4) is 0 Å². The summed E-state index contributed by atoms with van der Waals surface area (Å²) in [5.41, 5.74) is 0. The molecule has 1 aliphatic rings. The maximum Gasteiger partial charge on any atom is 0.00702 e. The molecule has 1 heteroatoms. The van der Waals surface area contributed by atoms with Gasteiger partial charge in [0.05, 0.1) is 0 Å². The third kappa shape index (κ3) is 3.14. The summed E-state index contributed by atoms with van der Waals surface area (Å²) in [6.45, 7) is 5.85. The van der Waals surface area contributed by atoms with Crippen molar-refractivity contribution in [3.63, 3.8) is 0 Å². The number of hydrogen-bond acceptors (Lipinski definition) is 1. The Labute approximate surface area is 76.9 Å². The predicted octanol–water partition coefficient (Wildman–Crippen LogP) is 2.95. The average molecular weight is 169 g/mol. The Hall–Kier alpha value is -0.0400. The Balaban J connectivity index is 2.08.